The fourth-order valence-electron chi connectivity index (χ4n) is 6.93. The van der Waals surface area contributed by atoms with Gasteiger partial charge in [0.15, 0.2) is 11.6 Å². The molecular formula is C29H42F2. The Balaban J connectivity index is 1.25. The van der Waals surface area contributed by atoms with Crippen LogP contribution in [0.25, 0.3) is 0 Å². The lowest BCUT2D eigenvalue weighted by Gasteiger charge is -2.40. The molecule has 1 aromatic rings. The predicted octanol–water partition coefficient (Wildman–Crippen LogP) is 9.13. The van der Waals surface area contributed by atoms with Crippen LogP contribution in [0, 0.1) is 48.1 Å². The minimum atomic E-state index is -0.675. The fourth-order valence-corrected chi connectivity index (χ4v) is 6.93. The van der Waals surface area contributed by atoms with Crippen molar-refractivity contribution < 1.29 is 8.78 Å². The van der Waals surface area contributed by atoms with Gasteiger partial charge in [-0.3, -0.25) is 0 Å². The summed E-state index contributed by atoms with van der Waals surface area (Å²) >= 11 is 0. The fraction of sp³-hybridized carbons (Fsp3) is 0.724. The quantitative estimate of drug-likeness (QED) is 0.396. The Morgan fingerprint density at radius 3 is 2.00 bits per heavy atom. The van der Waals surface area contributed by atoms with E-state index in [1.54, 1.807) is 19.1 Å². The smallest absolute Gasteiger partial charge is 0.162 e. The number of benzene rings is 1. The van der Waals surface area contributed by atoms with Crippen LogP contribution in [0.4, 0.5) is 8.78 Å². The van der Waals surface area contributed by atoms with Gasteiger partial charge < -0.3 is 0 Å². The van der Waals surface area contributed by atoms with Gasteiger partial charge in [0, 0.05) is 5.92 Å². The van der Waals surface area contributed by atoms with Crippen LogP contribution in [-0.4, -0.2) is 0 Å². The summed E-state index contributed by atoms with van der Waals surface area (Å²) in [6.07, 6.45) is 22.3. The Morgan fingerprint density at radius 1 is 0.742 bits per heavy atom. The van der Waals surface area contributed by atoms with E-state index in [9.17, 15) is 8.78 Å². The van der Waals surface area contributed by atoms with Crippen LogP contribution in [0.5, 0.6) is 0 Å². The van der Waals surface area contributed by atoms with Crippen molar-refractivity contribution in [3.63, 3.8) is 0 Å². The van der Waals surface area contributed by atoms with Crippen LogP contribution in [0.2, 0.25) is 0 Å². The molecule has 1 aromatic carbocycles. The molecule has 2 saturated carbocycles. The summed E-state index contributed by atoms with van der Waals surface area (Å²) in [6.45, 7) is 3.94. The molecule has 0 aliphatic heterocycles. The maximum absolute atomic E-state index is 14.4. The Morgan fingerprint density at radius 2 is 1.39 bits per heavy atom. The van der Waals surface area contributed by atoms with E-state index in [1.807, 2.05) is 0 Å². The number of unbranched alkanes of at least 4 members (excludes halogenated alkanes) is 1. The monoisotopic (exact) mass is 428 g/mol. The van der Waals surface area contributed by atoms with Crippen molar-refractivity contribution in [2.45, 2.75) is 103 Å². The topological polar surface area (TPSA) is 0 Å². The van der Waals surface area contributed by atoms with E-state index in [2.05, 4.69) is 19.1 Å². The van der Waals surface area contributed by atoms with Gasteiger partial charge in [-0.2, -0.15) is 0 Å². The lowest BCUT2D eigenvalue weighted by molar-refractivity contribution is 0.128. The van der Waals surface area contributed by atoms with E-state index in [-0.39, 0.29) is 5.92 Å². The van der Waals surface area contributed by atoms with E-state index < -0.39 is 11.6 Å². The Labute approximate surface area is 188 Å². The average molecular weight is 429 g/mol. The SMILES string of the molecule is CCCCC1CCC(C2CCC(C3C=CC(c4ccc(C)c(F)c4F)CC3)CC2)CC1. The molecule has 2 unspecified atom stereocenters. The third-order valence-corrected chi connectivity index (χ3v) is 9.05. The van der Waals surface area contributed by atoms with Gasteiger partial charge in [-0.1, -0.05) is 63.3 Å². The standard InChI is InChI=1S/C29H42F2/c1-3-4-5-21-7-9-22(10-8-21)23-11-13-24(14-12-23)25-15-17-26(18-16-25)27-19-6-20(2)28(30)29(27)31/h6,15,17,19,21-26H,3-5,7-14,16,18H2,1-2H3. The molecule has 0 radical (unpaired) electrons. The molecule has 31 heavy (non-hydrogen) atoms. The zero-order valence-corrected chi connectivity index (χ0v) is 19.7. The van der Waals surface area contributed by atoms with Gasteiger partial charge in [0.1, 0.15) is 0 Å². The summed E-state index contributed by atoms with van der Waals surface area (Å²) in [4.78, 5) is 0. The molecule has 0 heterocycles. The first-order valence-corrected chi connectivity index (χ1v) is 13.2. The highest BCUT2D eigenvalue weighted by Gasteiger charge is 2.33. The molecule has 0 aromatic heterocycles. The van der Waals surface area contributed by atoms with Gasteiger partial charge in [-0.05, 0) is 99.0 Å². The molecule has 2 atom stereocenters. The summed E-state index contributed by atoms with van der Waals surface area (Å²) in [7, 11) is 0. The number of aryl methyl sites for hydroxylation is 1. The number of rotatable bonds is 6. The maximum Gasteiger partial charge on any atom is 0.162 e. The van der Waals surface area contributed by atoms with Crippen molar-refractivity contribution >= 4 is 0 Å². The predicted molar refractivity (Wildman–Crippen MR) is 126 cm³/mol. The highest BCUT2D eigenvalue weighted by atomic mass is 19.2. The first kappa shape index (κ1) is 23.0. The van der Waals surface area contributed by atoms with Crippen molar-refractivity contribution in [2.24, 2.45) is 29.6 Å². The summed E-state index contributed by atoms with van der Waals surface area (Å²) in [5.74, 6) is 3.13. The molecule has 172 valence electrons. The largest absolute Gasteiger partial charge is 0.203 e. The van der Waals surface area contributed by atoms with E-state index in [4.69, 9.17) is 0 Å². The van der Waals surface area contributed by atoms with Crippen molar-refractivity contribution in [1.82, 2.24) is 0 Å². The van der Waals surface area contributed by atoms with Crippen LogP contribution in [0.1, 0.15) is 107 Å². The Hall–Kier alpha value is -1.18. The van der Waals surface area contributed by atoms with Crippen LogP contribution in [0.15, 0.2) is 24.3 Å². The van der Waals surface area contributed by atoms with E-state index >= 15 is 0 Å². The van der Waals surface area contributed by atoms with Gasteiger partial charge in [0.2, 0.25) is 0 Å². The molecule has 2 fully saturated rings. The molecule has 2 heteroatoms. The van der Waals surface area contributed by atoms with Crippen molar-refractivity contribution in [1.29, 1.82) is 0 Å². The molecule has 0 spiro atoms. The zero-order chi connectivity index (χ0) is 21.8. The first-order valence-electron chi connectivity index (χ1n) is 13.2. The van der Waals surface area contributed by atoms with Crippen LogP contribution >= 0.6 is 0 Å². The van der Waals surface area contributed by atoms with Gasteiger partial charge >= 0.3 is 0 Å². The van der Waals surface area contributed by atoms with E-state index in [0.717, 1.165) is 36.5 Å². The van der Waals surface area contributed by atoms with Gasteiger partial charge in [-0.15, -0.1) is 0 Å². The lowest BCUT2D eigenvalue weighted by Crippen LogP contribution is -2.28. The summed E-state index contributed by atoms with van der Waals surface area (Å²) in [6, 6.07) is 3.50. The van der Waals surface area contributed by atoms with Crippen molar-refractivity contribution in [2.75, 3.05) is 0 Å². The minimum absolute atomic E-state index is 0.0329. The lowest BCUT2D eigenvalue weighted by atomic mass is 9.66. The number of hydrogen-bond acceptors (Lipinski definition) is 0. The third-order valence-electron chi connectivity index (χ3n) is 9.05. The van der Waals surface area contributed by atoms with Crippen LogP contribution < -0.4 is 0 Å². The molecule has 0 N–H and O–H groups in total. The highest BCUT2D eigenvalue weighted by Crippen LogP contribution is 2.46. The average Bonchev–Trinajstić information content (AvgIpc) is 2.82. The molecular weight excluding hydrogens is 386 g/mol. The van der Waals surface area contributed by atoms with Gasteiger partial charge in [0.25, 0.3) is 0 Å². The molecule has 0 bridgehead atoms. The summed E-state index contributed by atoms with van der Waals surface area (Å²) in [5, 5.41) is 0. The molecule has 0 amide bonds. The Kier molecular flexibility index (Phi) is 7.88. The molecule has 0 saturated heterocycles. The molecule has 3 aliphatic rings. The third kappa shape index (κ3) is 5.42. The van der Waals surface area contributed by atoms with Crippen molar-refractivity contribution in [3.05, 3.63) is 47.0 Å². The first-order chi connectivity index (χ1) is 15.1. The minimum Gasteiger partial charge on any atom is -0.203 e. The molecule has 3 aliphatic carbocycles. The van der Waals surface area contributed by atoms with Gasteiger partial charge in [0.05, 0.1) is 0 Å². The number of allylic oxidation sites excluding steroid dienone is 2. The second kappa shape index (κ2) is 10.6. The van der Waals surface area contributed by atoms with Crippen LogP contribution in [-0.2, 0) is 0 Å². The Bertz CT molecular complexity index is 735. The summed E-state index contributed by atoms with van der Waals surface area (Å²) in [5.41, 5.74) is 0.932. The van der Waals surface area contributed by atoms with E-state index in [0.29, 0.717) is 17.0 Å². The van der Waals surface area contributed by atoms with Crippen LogP contribution in [0.3, 0.4) is 0 Å². The van der Waals surface area contributed by atoms with Crippen molar-refractivity contribution in [3.8, 4) is 0 Å². The summed E-state index contributed by atoms with van der Waals surface area (Å²) < 4.78 is 28.4. The molecule has 0 nitrogen and oxygen atoms in total. The zero-order valence-electron chi connectivity index (χ0n) is 19.7. The van der Waals surface area contributed by atoms with E-state index in [1.165, 1.54) is 70.6 Å². The number of halogens is 2. The highest BCUT2D eigenvalue weighted by molar-refractivity contribution is 5.31. The number of hydrogen-bond donors (Lipinski definition) is 0. The van der Waals surface area contributed by atoms with Gasteiger partial charge in [-0.25, -0.2) is 8.78 Å². The normalized spacial score (nSPS) is 34.1. The molecule has 4 rings (SSSR count). The maximum atomic E-state index is 14.4. The second-order valence-corrected chi connectivity index (χ2v) is 10.9. The second-order valence-electron chi connectivity index (χ2n) is 10.9.